The van der Waals surface area contributed by atoms with E-state index in [2.05, 4.69) is 15.2 Å². The van der Waals surface area contributed by atoms with E-state index in [9.17, 15) is 20.2 Å². The second-order valence-corrected chi connectivity index (χ2v) is 3.50. The van der Waals surface area contributed by atoms with E-state index < -0.39 is 9.85 Å². The van der Waals surface area contributed by atoms with Crippen molar-refractivity contribution >= 4 is 11.4 Å². The Morgan fingerprint density at radius 1 is 1.11 bits per heavy atom. The van der Waals surface area contributed by atoms with Crippen LogP contribution in [0.1, 0.15) is 5.82 Å². The molecule has 2 rings (SSSR count). The summed E-state index contributed by atoms with van der Waals surface area (Å²) in [7, 11) is 0. The molecule has 0 saturated carbocycles. The topological polar surface area (TPSA) is 128 Å². The van der Waals surface area contributed by atoms with Gasteiger partial charge in [-0.15, -0.1) is 0 Å². The zero-order valence-corrected chi connectivity index (χ0v) is 9.15. The Balaban J connectivity index is 2.60. The number of nitro groups is 2. The van der Waals surface area contributed by atoms with E-state index in [0.717, 1.165) is 6.07 Å². The average Bonchev–Trinajstić information content (AvgIpc) is 2.75. The molecule has 0 radical (unpaired) electrons. The van der Waals surface area contributed by atoms with Crippen molar-refractivity contribution in [3.63, 3.8) is 0 Å². The highest BCUT2D eigenvalue weighted by Crippen LogP contribution is 2.27. The molecule has 0 fully saturated rings. The number of nitrogens with one attached hydrogen (secondary N) is 1. The van der Waals surface area contributed by atoms with Crippen LogP contribution in [-0.4, -0.2) is 25.0 Å². The second kappa shape index (κ2) is 4.20. The summed E-state index contributed by atoms with van der Waals surface area (Å²) in [5.74, 6) is 0.693. The predicted octanol–water partition coefficient (Wildman–Crippen LogP) is 1.60. The van der Waals surface area contributed by atoms with Crippen LogP contribution in [0.15, 0.2) is 18.2 Å². The van der Waals surface area contributed by atoms with Crippen molar-refractivity contribution in [2.75, 3.05) is 0 Å². The maximum Gasteiger partial charge on any atom is 0.277 e. The van der Waals surface area contributed by atoms with E-state index in [1.54, 1.807) is 6.92 Å². The summed E-state index contributed by atoms with van der Waals surface area (Å²) in [6.45, 7) is 1.66. The maximum absolute atomic E-state index is 10.7. The first-order chi connectivity index (χ1) is 8.47. The number of rotatable bonds is 3. The van der Waals surface area contributed by atoms with Gasteiger partial charge in [-0.3, -0.25) is 25.3 Å². The van der Waals surface area contributed by atoms with Crippen LogP contribution < -0.4 is 0 Å². The Morgan fingerprint density at radius 3 is 2.06 bits per heavy atom. The second-order valence-electron chi connectivity index (χ2n) is 3.50. The van der Waals surface area contributed by atoms with Crippen molar-refractivity contribution in [3.05, 3.63) is 44.3 Å². The maximum atomic E-state index is 10.7. The number of nitro benzene ring substituents is 2. The third kappa shape index (κ3) is 2.14. The summed E-state index contributed by atoms with van der Waals surface area (Å²) in [5.41, 5.74) is -0.524. The van der Waals surface area contributed by atoms with Crippen molar-refractivity contribution in [1.82, 2.24) is 15.2 Å². The highest BCUT2D eigenvalue weighted by atomic mass is 16.6. The van der Waals surface area contributed by atoms with Gasteiger partial charge in [-0.1, -0.05) is 0 Å². The minimum Gasteiger partial charge on any atom is -0.263 e. The fourth-order valence-corrected chi connectivity index (χ4v) is 1.41. The third-order valence-corrected chi connectivity index (χ3v) is 2.18. The Morgan fingerprint density at radius 2 is 1.67 bits per heavy atom. The lowest BCUT2D eigenvalue weighted by Gasteiger charge is -1.97. The highest BCUT2D eigenvalue weighted by Gasteiger charge is 2.18. The van der Waals surface area contributed by atoms with Gasteiger partial charge >= 0.3 is 0 Å². The van der Waals surface area contributed by atoms with E-state index >= 15 is 0 Å². The molecule has 1 aromatic heterocycles. The normalized spacial score (nSPS) is 10.3. The summed E-state index contributed by atoms with van der Waals surface area (Å²) >= 11 is 0. The summed E-state index contributed by atoms with van der Waals surface area (Å²) < 4.78 is 0. The SMILES string of the molecule is Cc1nc(-c2cc([N+](=O)[O-])cc([N+](=O)[O-])c2)n[nH]1. The molecule has 18 heavy (non-hydrogen) atoms. The molecular formula is C9H7N5O4. The zero-order valence-electron chi connectivity index (χ0n) is 9.15. The highest BCUT2D eigenvalue weighted by molar-refractivity contribution is 5.64. The van der Waals surface area contributed by atoms with E-state index in [4.69, 9.17) is 0 Å². The van der Waals surface area contributed by atoms with Crippen LogP contribution in [0.2, 0.25) is 0 Å². The molecule has 0 atom stereocenters. The Bertz CT molecular complexity index is 603. The molecule has 1 N–H and O–H groups in total. The monoisotopic (exact) mass is 249 g/mol. The van der Waals surface area contributed by atoms with Gasteiger partial charge in [0.05, 0.1) is 15.9 Å². The van der Waals surface area contributed by atoms with Gasteiger partial charge in [-0.05, 0) is 6.92 Å². The van der Waals surface area contributed by atoms with Gasteiger partial charge in [0.25, 0.3) is 11.4 Å². The number of aromatic nitrogens is 3. The minimum atomic E-state index is -0.698. The molecular weight excluding hydrogens is 242 g/mol. The molecule has 0 spiro atoms. The molecule has 1 aromatic carbocycles. The fraction of sp³-hybridized carbons (Fsp3) is 0.111. The third-order valence-electron chi connectivity index (χ3n) is 2.18. The summed E-state index contributed by atoms with van der Waals surface area (Å²) in [6, 6.07) is 3.27. The lowest BCUT2D eigenvalue weighted by Crippen LogP contribution is -1.94. The molecule has 0 aliphatic rings. The molecule has 0 amide bonds. The van der Waals surface area contributed by atoms with Gasteiger partial charge in [0, 0.05) is 17.7 Å². The Labute approximate surface area is 99.8 Å². The number of aromatic amines is 1. The number of aryl methyl sites for hydroxylation is 1. The Kier molecular flexibility index (Phi) is 2.72. The number of hydrogen-bond acceptors (Lipinski definition) is 6. The molecule has 0 aliphatic heterocycles. The van der Waals surface area contributed by atoms with Crippen LogP contribution in [0.5, 0.6) is 0 Å². The Hall–Kier alpha value is -2.84. The van der Waals surface area contributed by atoms with Crippen LogP contribution in [0.4, 0.5) is 11.4 Å². The molecule has 1 heterocycles. The first-order valence-corrected chi connectivity index (χ1v) is 4.80. The van der Waals surface area contributed by atoms with Crippen molar-refractivity contribution in [1.29, 1.82) is 0 Å². The summed E-state index contributed by atoms with van der Waals surface area (Å²) in [5, 5.41) is 27.8. The van der Waals surface area contributed by atoms with Crippen molar-refractivity contribution in [3.8, 4) is 11.4 Å². The lowest BCUT2D eigenvalue weighted by atomic mass is 10.1. The van der Waals surface area contributed by atoms with E-state index in [1.165, 1.54) is 12.1 Å². The molecule has 0 unspecified atom stereocenters. The van der Waals surface area contributed by atoms with Gasteiger partial charge in [-0.25, -0.2) is 4.98 Å². The lowest BCUT2D eigenvalue weighted by molar-refractivity contribution is -0.394. The number of H-pyrrole nitrogens is 1. The van der Waals surface area contributed by atoms with Crippen molar-refractivity contribution in [2.24, 2.45) is 0 Å². The number of non-ortho nitro benzene ring substituents is 2. The molecule has 0 saturated heterocycles. The van der Waals surface area contributed by atoms with Gasteiger partial charge in [-0.2, -0.15) is 5.10 Å². The first-order valence-electron chi connectivity index (χ1n) is 4.80. The van der Waals surface area contributed by atoms with Crippen LogP contribution in [0.25, 0.3) is 11.4 Å². The fourth-order valence-electron chi connectivity index (χ4n) is 1.41. The standard InChI is InChI=1S/C9H7N5O4/c1-5-10-9(12-11-5)6-2-7(13(15)16)4-8(3-6)14(17)18/h2-4H,1H3,(H,10,11,12). The van der Waals surface area contributed by atoms with E-state index in [0.29, 0.717) is 5.82 Å². The average molecular weight is 249 g/mol. The number of nitrogens with zero attached hydrogens (tertiary/aromatic N) is 4. The summed E-state index contributed by atoms with van der Waals surface area (Å²) in [6.07, 6.45) is 0. The van der Waals surface area contributed by atoms with Gasteiger partial charge in [0.1, 0.15) is 5.82 Å². The van der Waals surface area contributed by atoms with Gasteiger partial charge < -0.3 is 0 Å². The molecule has 2 aromatic rings. The number of hydrogen-bond donors (Lipinski definition) is 1. The van der Waals surface area contributed by atoms with Crippen LogP contribution in [0, 0.1) is 27.2 Å². The molecule has 0 aliphatic carbocycles. The molecule has 9 nitrogen and oxygen atoms in total. The molecule has 9 heteroatoms. The van der Waals surface area contributed by atoms with Crippen molar-refractivity contribution < 1.29 is 9.85 Å². The van der Waals surface area contributed by atoms with Crippen LogP contribution >= 0.6 is 0 Å². The molecule has 0 bridgehead atoms. The number of benzene rings is 1. The predicted molar refractivity (Wildman–Crippen MR) is 59.9 cm³/mol. The van der Waals surface area contributed by atoms with Gasteiger partial charge in [0.2, 0.25) is 0 Å². The van der Waals surface area contributed by atoms with Crippen molar-refractivity contribution in [2.45, 2.75) is 6.92 Å². The minimum absolute atomic E-state index is 0.180. The van der Waals surface area contributed by atoms with E-state index in [-0.39, 0.29) is 22.8 Å². The zero-order chi connectivity index (χ0) is 13.3. The quantitative estimate of drug-likeness (QED) is 0.649. The largest absolute Gasteiger partial charge is 0.277 e. The summed E-state index contributed by atoms with van der Waals surface area (Å²) in [4.78, 5) is 24.0. The first kappa shape index (κ1) is 11.6. The van der Waals surface area contributed by atoms with E-state index in [1.807, 2.05) is 0 Å². The van der Waals surface area contributed by atoms with Gasteiger partial charge in [0.15, 0.2) is 5.82 Å². The molecule has 92 valence electrons. The van der Waals surface area contributed by atoms with Crippen LogP contribution in [-0.2, 0) is 0 Å². The smallest absolute Gasteiger partial charge is 0.263 e. The van der Waals surface area contributed by atoms with Crippen LogP contribution in [0.3, 0.4) is 0 Å².